The molecule has 0 bridgehead atoms. The van der Waals surface area contributed by atoms with Crippen LogP contribution in [0.15, 0.2) is 43.0 Å². The topological polar surface area (TPSA) is 95.9 Å². The normalized spacial score (nSPS) is 11.6. The third-order valence-electron chi connectivity index (χ3n) is 3.44. The molecule has 0 spiro atoms. The number of hydrogen-bond donors (Lipinski definition) is 2. The number of ketones is 1. The largest absolute Gasteiger partial charge is 0.481 e. The van der Waals surface area contributed by atoms with Crippen LogP contribution in [0.2, 0.25) is 0 Å². The number of benzene rings is 1. The molecule has 0 radical (unpaired) electrons. The second-order valence-corrected chi connectivity index (χ2v) is 5.62. The molecule has 0 saturated heterocycles. The quantitative estimate of drug-likeness (QED) is 0.588. The van der Waals surface area contributed by atoms with Crippen molar-refractivity contribution >= 4 is 17.8 Å². The Kier molecular flexibility index (Phi) is 8.95. The maximum Gasteiger partial charge on any atom is 0.408 e. The van der Waals surface area contributed by atoms with Crippen molar-refractivity contribution < 1.29 is 24.2 Å². The summed E-state index contributed by atoms with van der Waals surface area (Å²) in [4.78, 5) is 36.6. The van der Waals surface area contributed by atoms with Crippen LogP contribution in [-0.4, -0.2) is 60.6 Å². The molecular formula is C18H24N2O5. The van der Waals surface area contributed by atoms with Crippen LogP contribution >= 0.6 is 0 Å². The number of nitrogens with one attached hydrogen (secondary N) is 1. The summed E-state index contributed by atoms with van der Waals surface area (Å²) in [6.45, 7) is 4.06. The second-order valence-electron chi connectivity index (χ2n) is 5.62. The number of alkyl carbamates (subject to hydrolysis) is 1. The summed E-state index contributed by atoms with van der Waals surface area (Å²) in [5, 5.41) is 11.2. The highest BCUT2D eigenvalue weighted by atomic mass is 16.5. The molecule has 1 atom stereocenters. The number of nitrogens with zero attached hydrogens (tertiary/aromatic N) is 1. The molecule has 136 valence electrons. The Hall–Kier alpha value is -2.67. The zero-order chi connectivity index (χ0) is 18.7. The van der Waals surface area contributed by atoms with Gasteiger partial charge in [-0.25, -0.2) is 4.79 Å². The summed E-state index contributed by atoms with van der Waals surface area (Å²) < 4.78 is 4.74. The van der Waals surface area contributed by atoms with Crippen LogP contribution < -0.4 is 5.32 Å². The molecule has 0 aliphatic rings. The minimum absolute atomic E-state index is 0.0171. The highest BCUT2D eigenvalue weighted by molar-refractivity contribution is 5.92. The van der Waals surface area contributed by atoms with Crippen LogP contribution in [-0.2, 0) is 20.7 Å². The van der Waals surface area contributed by atoms with E-state index in [0.29, 0.717) is 6.54 Å². The SMILES string of the molecule is C=CCOC(=O)N[C@@H](CC(=O)O)C(=O)CN(C)CCc1ccccc1. The Labute approximate surface area is 147 Å². The first-order chi connectivity index (χ1) is 11.9. The number of likely N-dealkylation sites (N-methyl/N-ethyl adjacent to an activating group) is 1. The van der Waals surface area contributed by atoms with Crippen LogP contribution in [0.25, 0.3) is 0 Å². The van der Waals surface area contributed by atoms with E-state index < -0.39 is 24.5 Å². The number of carboxylic acids is 1. The molecule has 25 heavy (non-hydrogen) atoms. The van der Waals surface area contributed by atoms with E-state index >= 15 is 0 Å². The van der Waals surface area contributed by atoms with Crippen molar-refractivity contribution in [3.05, 3.63) is 48.6 Å². The molecule has 7 nitrogen and oxygen atoms in total. The van der Waals surface area contributed by atoms with Crippen LogP contribution in [0, 0.1) is 0 Å². The highest BCUT2D eigenvalue weighted by Crippen LogP contribution is 2.02. The van der Waals surface area contributed by atoms with Gasteiger partial charge in [0, 0.05) is 6.54 Å². The van der Waals surface area contributed by atoms with Crippen molar-refractivity contribution in [2.24, 2.45) is 0 Å². The van der Waals surface area contributed by atoms with Crippen molar-refractivity contribution in [2.45, 2.75) is 18.9 Å². The predicted molar refractivity (Wildman–Crippen MR) is 93.4 cm³/mol. The zero-order valence-electron chi connectivity index (χ0n) is 14.3. The lowest BCUT2D eigenvalue weighted by atomic mass is 10.1. The molecule has 0 saturated carbocycles. The van der Waals surface area contributed by atoms with Crippen LogP contribution in [0.1, 0.15) is 12.0 Å². The van der Waals surface area contributed by atoms with Crippen molar-refractivity contribution in [1.29, 1.82) is 0 Å². The summed E-state index contributed by atoms with van der Waals surface area (Å²) >= 11 is 0. The smallest absolute Gasteiger partial charge is 0.408 e. The van der Waals surface area contributed by atoms with E-state index in [1.807, 2.05) is 30.3 Å². The fourth-order valence-electron chi connectivity index (χ4n) is 2.16. The van der Waals surface area contributed by atoms with Gasteiger partial charge in [-0.1, -0.05) is 43.0 Å². The molecular weight excluding hydrogens is 324 g/mol. The number of ether oxygens (including phenoxy) is 1. The van der Waals surface area contributed by atoms with Crippen LogP contribution in [0.4, 0.5) is 4.79 Å². The van der Waals surface area contributed by atoms with Gasteiger partial charge in [-0.15, -0.1) is 0 Å². The lowest BCUT2D eigenvalue weighted by Crippen LogP contribution is -2.46. The van der Waals surface area contributed by atoms with E-state index in [4.69, 9.17) is 9.84 Å². The third kappa shape index (κ3) is 8.66. The molecule has 1 rings (SSSR count). The number of Topliss-reactive ketones (excluding diaryl/α,β-unsaturated/α-hetero) is 1. The number of aliphatic carboxylic acids is 1. The number of amides is 1. The number of rotatable bonds is 11. The van der Waals surface area contributed by atoms with Crippen molar-refractivity contribution in [3.63, 3.8) is 0 Å². The standard InChI is InChI=1S/C18H24N2O5/c1-3-11-25-18(24)19-15(12-17(22)23)16(21)13-20(2)10-9-14-7-5-4-6-8-14/h3-8,15H,1,9-13H2,2H3,(H,19,24)(H,22,23)/t15-/m0/s1. The van der Waals surface area contributed by atoms with E-state index in [1.165, 1.54) is 6.08 Å². The highest BCUT2D eigenvalue weighted by Gasteiger charge is 2.25. The predicted octanol–water partition coefficient (Wildman–Crippen LogP) is 1.49. The van der Waals surface area contributed by atoms with E-state index in [1.54, 1.807) is 11.9 Å². The van der Waals surface area contributed by atoms with Crippen LogP contribution in [0.3, 0.4) is 0 Å². The van der Waals surface area contributed by atoms with Gasteiger partial charge in [0.15, 0.2) is 5.78 Å². The van der Waals surface area contributed by atoms with E-state index in [-0.39, 0.29) is 18.9 Å². The van der Waals surface area contributed by atoms with E-state index in [0.717, 1.165) is 12.0 Å². The van der Waals surface area contributed by atoms with Crippen LogP contribution in [0.5, 0.6) is 0 Å². The lowest BCUT2D eigenvalue weighted by Gasteiger charge is -2.20. The third-order valence-corrected chi connectivity index (χ3v) is 3.44. The molecule has 0 unspecified atom stereocenters. The second kappa shape index (κ2) is 11.0. The zero-order valence-corrected chi connectivity index (χ0v) is 14.3. The maximum atomic E-state index is 12.3. The van der Waals surface area contributed by atoms with Gasteiger partial charge in [0.05, 0.1) is 13.0 Å². The molecule has 0 aromatic heterocycles. The minimum atomic E-state index is -1.17. The summed E-state index contributed by atoms with van der Waals surface area (Å²) in [6.07, 6.45) is 0.814. The van der Waals surface area contributed by atoms with E-state index in [9.17, 15) is 14.4 Å². The van der Waals surface area contributed by atoms with Crippen molar-refractivity contribution in [1.82, 2.24) is 10.2 Å². The number of hydrogen-bond acceptors (Lipinski definition) is 5. The monoisotopic (exact) mass is 348 g/mol. The Morgan fingerprint density at radius 3 is 2.60 bits per heavy atom. The van der Waals surface area contributed by atoms with Gasteiger partial charge in [-0.2, -0.15) is 0 Å². The molecule has 0 aliphatic heterocycles. The molecule has 1 aromatic carbocycles. The summed E-state index contributed by atoms with van der Waals surface area (Å²) in [6, 6.07) is 8.70. The Morgan fingerprint density at radius 2 is 2.00 bits per heavy atom. The number of carboxylic acid groups (broad SMARTS) is 1. The fraction of sp³-hybridized carbons (Fsp3) is 0.389. The maximum absolute atomic E-state index is 12.3. The average molecular weight is 348 g/mol. The minimum Gasteiger partial charge on any atom is -0.481 e. The number of carbonyl (C=O) groups is 3. The van der Waals surface area contributed by atoms with E-state index in [2.05, 4.69) is 11.9 Å². The van der Waals surface area contributed by atoms with Crippen molar-refractivity contribution in [3.8, 4) is 0 Å². The molecule has 2 N–H and O–H groups in total. The van der Waals surface area contributed by atoms with Gasteiger partial charge >= 0.3 is 12.1 Å². The van der Waals surface area contributed by atoms with Gasteiger partial charge in [0.25, 0.3) is 0 Å². The molecule has 1 aromatic rings. The molecule has 0 heterocycles. The van der Waals surface area contributed by atoms with Gasteiger partial charge in [0.2, 0.25) is 0 Å². The van der Waals surface area contributed by atoms with Gasteiger partial charge in [0.1, 0.15) is 12.6 Å². The van der Waals surface area contributed by atoms with Gasteiger partial charge in [-0.05, 0) is 19.0 Å². The Balaban J connectivity index is 2.53. The Morgan fingerprint density at radius 1 is 1.32 bits per heavy atom. The molecule has 0 fully saturated rings. The molecule has 0 aliphatic carbocycles. The summed E-state index contributed by atoms with van der Waals surface area (Å²) in [5.74, 6) is -1.55. The van der Waals surface area contributed by atoms with Gasteiger partial charge in [-0.3, -0.25) is 14.5 Å². The first kappa shape index (κ1) is 20.4. The number of carbonyl (C=O) groups excluding carboxylic acids is 2. The fourth-order valence-corrected chi connectivity index (χ4v) is 2.16. The lowest BCUT2D eigenvalue weighted by molar-refractivity contribution is -0.139. The summed E-state index contributed by atoms with van der Waals surface area (Å²) in [7, 11) is 1.77. The first-order valence-corrected chi connectivity index (χ1v) is 7.93. The van der Waals surface area contributed by atoms with Gasteiger partial charge < -0.3 is 15.2 Å². The summed E-state index contributed by atoms with van der Waals surface area (Å²) in [5.41, 5.74) is 1.15. The Bertz CT molecular complexity index is 588. The molecule has 1 amide bonds. The average Bonchev–Trinajstić information content (AvgIpc) is 2.58. The molecule has 7 heteroatoms. The van der Waals surface area contributed by atoms with Crippen molar-refractivity contribution in [2.75, 3.05) is 26.7 Å². The first-order valence-electron chi connectivity index (χ1n) is 7.93.